The second-order valence-corrected chi connectivity index (χ2v) is 28.8. The van der Waals surface area contributed by atoms with Gasteiger partial charge in [-0.1, -0.05) is 450 Å². The highest BCUT2D eigenvalue weighted by Crippen LogP contribution is 2.21. The quantitative estimate of drug-likeness (QED) is 0.0417. The summed E-state index contributed by atoms with van der Waals surface area (Å²) in [5.41, 5.74) is 0. The van der Waals surface area contributed by atoms with E-state index in [0.717, 1.165) is 38.5 Å². The molecule has 0 saturated carbocycles. The number of aliphatic hydroxyl groups is 2. The van der Waals surface area contributed by atoms with Crippen LogP contribution in [-0.4, -0.2) is 47.4 Å². The van der Waals surface area contributed by atoms with Crippen LogP contribution < -0.4 is 5.32 Å². The molecular weight excluding hydrogens is 1080 g/mol. The lowest BCUT2D eigenvalue weighted by Crippen LogP contribution is -2.45. The van der Waals surface area contributed by atoms with Gasteiger partial charge in [0.05, 0.1) is 25.4 Å². The van der Waals surface area contributed by atoms with E-state index in [1.165, 1.54) is 417 Å². The Morgan fingerprint density at radius 2 is 0.466 bits per heavy atom. The number of amides is 1. The Bertz CT molecular complexity index is 1290. The normalized spacial score (nSPS) is 12.4. The minimum Gasteiger partial charge on any atom is -0.466 e. The summed E-state index contributed by atoms with van der Waals surface area (Å²) in [7, 11) is 0. The third kappa shape index (κ3) is 73.9. The predicted molar refractivity (Wildman–Crippen MR) is 389 cm³/mol. The monoisotopic (exact) mass is 1240 g/mol. The summed E-state index contributed by atoms with van der Waals surface area (Å²) in [5.74, 6) is 0.00115. The molecule has 0 aromatic carbocycles. The summed E-state index contributed by atoms with van der Waals surface area (Å²) < 4.78 is 5.52. The predicted octanol–water partition coefficient (Wildman–Crippen LogP) is 27.3. The smallest absolute Gasteiger partial charge is 0.305 e. The van der Waals surface area contributed by atoms with Gasteiger partial charge in [0.1, 0.15) is 0 Å². The largest absolute Gasteiger partial charge is 0.466 e. The van der Waals surface area contributed by atoms with E-state index in [1.807, 2.05) is 0 Å². The summed E-state index contributed by atoms with van der Waals surface area (Å²) in [6.45, 7) is 5.03. The van der Waals surface area contributed by atoms with Gasteiger partial charge >= 0.3 is 5.97 Å². The fourth-order valence-corrected chi connectivity index (χ4v) is 13.6. The zero-order valence-electron chi connectivity index (χ0n) is 60.5. The minimum absolute atomic E-state index is 0.0246. The topological polar surface area (TPSA) is 95.9 Å². The lowest BCUT2D eigenvalue weighted by atomic mass is 10.0. The second-order valence-electron chi connectivity index (χ2n) is 28.8. The highest BCUT2D eigenvalue weighted by molar-refractivity contribution is 5.76. The van der Waals surface area contributed by atoms with Crippen LogP contribution in [0.25, 0.3) is 0 Å². The van der Waals surface area contributed by atoms with Crippen LogP contribution in [0.15, 0.2) is 0 Å². The molecule has 0 saturated heterocycles. The van der Waals surface area contributed by atoms with Crippen LogP contribution in [0.2, 0.25) is 0 Å². The van der Waals surface area contributed by atoms with Crippen LogP contribution in [0.5, 0.6) is 0 Å². The van der Waals surface area contributed by atoms with E-state index in [9.17, 15) is 19.8 Å². The molecule has 0 aromatic heterocycles. The zero-order chi connectivity index (χ0) is 63.5. The van der Waals surface area contributed by atoms with E-state index in [0.29, 0.717) is 25.9 Å². The minimum atomic E-state index is -0.662. The molecule has 2 atom stereocenters. The first-order chi connectivity index (χ1) is 43.5. The first-order valence-electron chi connectivity index (χ1n) is 41.3. The number of hydrogen-bond acceptors (Lipinski definition) is 5. The molecule has 0 fully saturated rings. The van der Waals surface area contributed by atoms with Gasteiger partial charge in [-0.25, -0.2) is 0 Å². The van der Waals surface area contributed by atoms with Crippen LogP contribution in [0.1, 0.15) is 489 Å². The Balaban J connectivity index is 3.32. The van der Waals surface area contributed by atoms with Crippen LogP contribution in [-0.2, 0) is 14.3 Å². The van der Waals surface area contributed by atoms with Gasteiger partial charge in [0.25, 0.3) is 0 Å². The number of rotatable bonds is 79. The van der Waals surface area contributed by atoms with Gasteiger partial charge in [-0.05, 0) is 25.7 Å². The second kappa shape index (κ2) is 78.3. The van der Waals surface area contributed by atoms with E-state index in [2.05, 4.69) is 19.2 Å². The van der Waals surface area contributed by atoms with E-state index in [4.69, 9.17) is 4.74 Å². The Morgan fingerprint density at radius 3 is 0.693 bits per heavy atom. The first-order valence-corrected chi connectivity index (χ1v) is 41.3. The molecule has 3 N–H and O–H groups in total. The number of esters is 1. The van der Waals surface area contributed by atoms with Crippen LogP contribution >= 0.6 is 0 Å². The maximum Gasteiger partial charge on any atom is 0.305 e. The lowest BCUT2D eigenvalue weighted by Gasteiger charge is -2.22. The first kappa shape index (κ1) is 86.9. The van der Waals surface area contributed by atoms with Crippen molar-refractivity contribution in [3.63, 3.8) is 0 Å². The Hall–Kier alpha value is -1.14. The fraction of sp³-hybridized carbons (Fsp3) is 0.976. The van der Waals surface area contributed by atoms with Crippen LogP contribution in [0.4, 0.5) is 0 Å². The number of ether oxygens (including phenoxy) is 1. The Kier molecular flexibility index (Phi) is 77.3. The molecule has 526 valence electrons. The average Bonchev–Trinajstić information content (AvgIpc) is 3.58. The molecule has 0 heterocycles. The van der Waals surface area contributed by atoms with Crippen molar-refractivity contribution >= 4 is 11.9 Å². The molecule has 0 rings (SSSR count). The zero-order valence-corrected chi connectivity index (χ0v) is 60.5. The van der Waals surface area contributed by atoms with Gasteiger partial charge in [-0.3, -0.25) is 9.59 Å². The van der Waals surface area contributed by atoms with Crippen molar-refractivity contribution in [3.05, 3.63) is 0 Å². The SMILES string of the molecule is CCCCCCCCCCCCCCCCCCCCCCCCCCC(O)C(CO)NC(=O)CCCCCCCCCCCCCCCCCCCCCCCCCCCCCCCOC(=O)CCCCCCCCCCCCCCCCCCCC. The highest BCUT2D eigenvalue weighted by atomic mass is 16.5. The number of carbonyl (C=O) groups excluding carboxylic acids is 2. The van der Waals surface area contributed by atoms with Crippen molar-refractivity contribution < 1.29 is 24.5 Å². The van der Waals surface area contributed by atoms with E-state index in [-0.39, 0.29) is 18.5 Å². The molecule has 1 amide bonds. The van der Waals surface area contributed by atoms with E-state index < -0.39 is 12.1 Å². The maximum absolute atomic E-state index is 12.6. The molecule has 2 unspecified atom stereocenters. The van der Waals surface area contributed by atoms with Crippen molar-refractivity contribution in [1.82, 2.24) is 5.32 Å². The maximum atomic E-state index is 12.6. The fourth-order valence-electron chi connectivity index (χ4n) is 13.6. The lowest BCUT2D eigenvalue weighted by molar-refractivity contribution is -0.143. The van der Waals surface area contributed by atoms with Crippen molar-refractivity contribution in [3.8, 4) is 0 Å². The Morgan fingerprint density at radius 1 is 0.273 bits per heavy atom. The molecule has 0 bridgehead atoms. The molecule has 88 heavy (non-hydrogen) atoms. The summed E-state index contributed by atoms with van der Waals surface area (Å²) in [6.07, 6.45) is 97.8. The number of carbonyl (C=O) groups is 2. The Labute approximate surface area is 553 Å². The van der Waals surface area contributed by atoms with Gasteiger partial charge in [-0.15, -0.1) is 0 Å². The average molecular weight is 1240 g/mol. The summed E-state index contributed by atoms with van der Waals surface area (Å²) >= 11 is 0. The van der Waals surface area contributed by atoms with Crippen LogP contribution in [0.3, 0.4) is 0 Å². The molecule has 0 spiro atoms. The standard InChI is InChI=1S/C82H163NO5/c1-3-5-7-9-11-13-15-17-19-21-23-24-25-33-36-39-42-46-50-54-58-62-66-70-74-80(85)79(78-84)83-81(86)75-71-67-63-59-55-51-47-43-40-37-34-31-29-27-26-28-30-32-35-38-41-45-49-53-57-61-65-69-73-77-88-82(87)76-72-68-64-60-56-52-48-44-22-20-18-16-14-12-10-8-6-4-2/h79-80,84-85H,3-78H2,1-2H3,(H,83,86). The van der Waals surface area contributed by atoms with Gasteiger partial charge in [0, 0.05) is 12.8 Å². The van der Waals surface area contributed by atoms with Crippen molar-refractivity contribution in [1.29, 1.82) is 0 Å². The van der Waals surface area contributed by atoms with Crippen molar-refractivity contribution in [2.45, 2.75) is 501 Å². The van der Waals surface area contributed by atoms with Gasteiger partial charge in [0.2, 0.25) is 5.91 Å². The molecular formula is C82H163NO5. The molecule has 6 nitrogen and oxygen atoms in total. The number of hydrogen-bond donors (Lipinski definition) is 3. The molecule has 0 aliphatic heterocycles. The third-order valence-corrected chi connectivity index (χ3v) is 19.9. The molecule has 0 aliphatic rings. The summed E-state index contributed by atoms with van der Waals surface area (Å²) in [5, 5.41) is 23.5. The molecule has 6 heteroatoms. The van der Waals surface area contributed by atoms with Crippen molar-refractivity contribution in [2.75, 3.05) is 13.2 Å². The number of aliphatic hydroxyl groups excluding tert-OH is 2. The van der Waals surface area contributed by atoms with Gasteiger partial charge < -0.3 is 20.3 Å². The van der Waals surface area contributed by atoms with Crippen molar-refractivity contribution in [2.24, 2.45) is 0 Å². The molecule has 0 aliphatic carbocycles. The highest BCUT2D eigenvalue weighted by Gasteiger charge is 2.20. The van der Waals surface area contributed by atoms with E-state index in [1.54, 1.807) is 0 Å². The summed E-state index contributed by atoms with van der Waals surface area (Å²) in [4.78, 5) is 24.7. The molecule has 0 radical (unpaired) electrons. The van der Waals surface area contributed by atoms with Crippen LogP contribution in [0, 0.1) is 0 Å². The number of nitrogens with one attached hydrogen (secondary N) is 1. The number of unbranched alkanes of at least 4 members (excludes halogenated alkanes) is 68. The van der Waals surface area contributed by atoms with Gasteiger partial charge in [-0.2, -0.15) is 0 Å². The molecule has 0 aromatic rings. The van der Waals surface area contributed by atoms with Gasteiger partial charge in [0.15, 0.2) is 0 Å². The van der Waals surface area contributed by atoms with E-state index >= 15 is 0 Å². The third-order valence-electron chi connectivity index (χ3n) is 19.9. The summed E-state index contributed by atoms with van der Waals surface area (Å²) in [6, 6.07) is -0.539.